The third kappa shape index (κ3) is 9.40. The number of hydrogen-bond donors (Lipinski definition) is 0. The molecule has 0 rings (SSSR count). The highest BCUT2D eigenvalue weighted by Gasteiger charge is 2.07. The predicted molar refractivity (Wildman–Crippen MR) is 75.4 cm³/mol. The number of rotatable bonds is 10. The molecule has 0 radical (unpaired) electrons. The molecule has 0 heterocycles. The number of esters is 1. The van der Waals surface area contributed by atoms with Gasteiger partial charge in [0.25, 0.3) is 0 Å². The first kappa shape index (κ1) is 16.2. The molecule has 1 unspecified atom stereocenters. The maximum absolute atomic E-state index is 11.1. The number of unbranched alkanes of at least 4 members (excludes halogenated alkanes) is 1. The van der Waals surface area contributed by atoms with E-state index in [1.165, 1.54) is 18.6 Å². The van der Waals surface area contributed by atoms with Crippen LogP contribution in [-0.4, -0.2) is 36.1 Å². The molecule has 96 valence electrons. The van der Waals surface area contributed by atoms with Gasteiger partial charge in [0, 0.05) is 11.7 Å². The summed E-state index contributed by atoms with van der Waals surface area (Å²) in [5, 5.41) is 0.759. The standard InChI is InChI=1S/C12H24O2S2/c1-4-14-12(13)8-6-5-7-11(16-3)9-10-15-2/h11H,4-10H2,1-3H3. The highest BCUT2D eigenvalue weighted by molar-refractivity contribution is 7.99. The zero-order valence-corrected chi connectivity index (χ0v) is 12.3. The van der Waals surface area contributed by atoms with E-state index in [-0.39, 0.29) is 5.97 Å². The summed E-state index contributed by atoms with van der Waals surface area (Å²) in [5.74, 6) is 1.19. The van der Waals surface area contributed by atoms with E-state index < -0.39 is 0 Å². The molecular formula is C12H24O2S2. The number of carbonyl (C=O) groups excluding carboxylic acids is 1. The van der Waals surface area contributed by atoms with E-state index in [2.05, 4.69) is 12.5 Å². The molecule has 0 aliphatic rings. The molecule has 0 saturated carbocycles. The van der Waals surface area contributed by atoms with Crippen molar-refractivity contribution in [2.45, 2.75) is 44.3 Å². The smallest absolute Gasteiger partial charge is 0.305 e. The van der Waals surface area contributed by atoms with Gasteiger partial charge in [-0.3, -0.25) is 4.79 Å². The van der Waals surface area contributed by atoms with E-state index in [9.17, 15) is 4.79 Å². The van der Waals surface area contributed by atoms with Crippen molar-refractivity contribution in [1.29, 1.82) is 0 Å². The van der Waals surface area contributed by atoms with Crippen LogP contribution in [-0.2, 0) is 9.53 Å². The van der Waals surface area contributed by atoms with E-state index in [4.69, 9.17) is 4.74 Å². The molecule has 0 N–H and O–H groups in total. The van der Waals surface area contributed by atoms with Crippen molar-refractivity contribution in [2.24, 2.45) is 0 Å². The monoisotopic (exact) mass is 264 g/mol. The highest BCUT2D eigenvalue weighted by atomic mass is 32.2. The van der Waals surface area contributed by atoms with Gasteiger partial charge in [-0.05, 0) is 44.5 Å². The van der Waals surface area contributed by atoms with Gasteiger partial charge >= 0.3 is 5.97 Å². The number of thioether (sulfide) groups is 2. The fraction of sp³-hybridized carbons (Fsp3) is 0.917. The molecule has 1 atom stereocenters. The first-order chi connectivity index (χ1) is 7.74. The van der Waals surface area contributed by atoms with E-state index >= 15 is 0 Å². The average molecular weight is 264 g/mol. The molecule has 0 amide bonds. The summed E-state index contributed by atoms with van der Waals surface area (Å²) in [6, 6.07) is 0. The van der Waals surface area contributed by atoms with E-state index in [0.717, 1.165) is 18.1 Å². The quantitative estimate of drug-likeness (QED) is 0.445. The molecule has 4 heteroatoms. The van der Waals surface area contributed by atoms with Gasteiger partial charge in [-0.2, -0.15) is 23.5 Å². The van der Waals surface area contributed by atoms with Crippen LogP contribution in [0.15, 0.2) is 0 Å². The minimum absolute atomic E-state index is 0.0488. The Morgan fingerprint density at radius 3 is 2.56 bits per heavy atom. The minimum atomic E-state index is -0.0488. The summed E-state index contributed by atoms with van der Waals surface area (Å²) in [7, 11) is 0. The fourth-order valence-electron chi connectivity index (χ4n) is 1.50. The Labute approximate surface area is 108 Å². The zero-order valence-electron chi connectivity index (χ0n) is 10.7. The van der Waals surface area contributed by atoms with Crippen LogP contribution in [0.3, 0.4) is 0 Å². The SMILES string of the molecule is CCOC(=O)CCCCC(CCSC)SC. The Hall–Kier alpha value is 0.170. The summed E-state index contributed by atoms with van der Waals surface area (Å²) in [6.07, 6.45) is 9.52. The van der Waals surface area contributed by atoms with Gasteiger partial charge in [0.05, 0.1) is 6.61 Å². The van der Waals surface area contributed by atoms with Gasteiger partial charge in [0.2, 0.25) is 0 Å². The molecule has 16 heavy (non-hydrogen) atoms. The second kappa shape index (κ2) is 11.6. The Bertz CT molecular complexity index is 174. The lowest BCUT2D eigenvalue weighted by molar-refractivity contribution is -0.143. The molecule has 0 fully saturated rings. The van der Waals surface area contributed by atoms with Crippen LogP contribution in [0.5, 0.6) is 0 Å². The van der Waals surface area contributed by atoms with Crippen molar-refractivity contribution in [3.8, 4) is 0 Å². The lowest BCUT2D eigenvalue weighted by Gasteiger charge is -2.13. The lowest BCUT2D eigenvalue weighted by Crippen LogP contribution is -2.06. The molecule has 0 aromatic carbocycles. The van der Waals surface area contributed by atoms with Gasteiger partial charge in [-0.25, -0.2) is 0 Å². The Kier molecular flexibility index (Phi) is 11.8. The van der Waals surface area contributed by atoms with Gasteiger partial charge in [0.1, 0.15) is 0 Å². The number of carbonyl (C=O) groups is 1. The molecule has 0 aromatic rings. The minimum Gasteiger partial charge on any atom is -0.466 e. The Morgan fingerprint density at radius 1 is 1.25 bits per heavy atom. The van der Waals surface area contributed by atoms with Crippen LogP contribution in [0.2, 0.25) is 0 Å². The van der Waals surface area contributed by atoms with Crippen molar-refractivity contribution < 1.29 is 9.53 Å². The Balaban J connectivity index is 3.43. The molecular weight excluding hydrogens is 240 g/mol. The van der Waals surface area contributed by atoms with E-state index in [1.807, 2.05) is 30.4 Å². The van der Waals surface area contributed by atoms with Gasteiger partial charge < -0.3 is 4.74 Å². The average Bonchev–Trinajstić information content (AvgIpc) is 2.28. The lowest BCUT2D eigenvalue weighted by atomic mass is 10.1. The van der Waals surface area contributed by atoms with Gasteiger partial charge in [-0.1, -0.05) is 6.42 Å². The van der Waals surface area contributed by atoms with Crippen molar-refractivity contribution in [3.63, 3.8) is 0 Å². The van der Waals surface area contributed by atoms with Crippen molar-refractivity contribution in [1.82, 2.24) is 0 Å². The van der Waals surface area contributed by atoms with Crippen LogP contribution in [0, 0.1) is 0 Å². The zero-order chi connectivity index (χ0) is 12.2. The maximum atomic E-state index is 11.1. The summed E-state index contributed by atoms with van der Waals surface area (Å²) in [4.78, 5) is 11.1. The third-order valence-corrected chi connectivity index (χ3v) is 4.22. The molecule has 0 spiro atoms. The van der Waals surface area contributed by atoms with Crippen LogP contribution < -0.4 is 0 Å². The normalized spacial score (nSPS) is 12.4. The molecule has 0 bridgehead atoms. The molecule has 0 aromatic heterocycles. The first-order valence-electron chi connectivity index (χ1n) is 5.91. The van der Waals surface area contributed by atoms with Crippen molar-refractivity contribution in [3.05, 3.63) is 0 Å². The topological polar surface area (TPSA) is 26.3 Å². The third-order valence-electron chi connectivity index (χ3n) is 2.44. The largest absolute Gasteiger partial charge is 0.466 e. The van der Waals surface area contributed by atoms with Crippen LogP contribution in [0.25, 0.3) is 0 Å². The second-order valence-corrected chi connectivity index (χ2v) is 5.81. The van der Waals surface area contributed by atoms with Crippen LogP contribution in [0.1, 0.15) is 39.0 Å². The van der Waals surface area contributed by atoms with Crippen molar-refractivity contribution in [2.75, 3.05) is 24.9 Å². The van der Waals surface area contributed by atoms with Crippen molar-refractivity contribution >= 4 is 29.5 Å². The molecule has 0 saturated heterocycles. The fourth-order valence-corrected chi connectivity index (χ4v) is 2.93. The van der Waals surface area contributed by atoms with Crippen LogP contribution >= 0.6 is 23.5 Å². The summed E-state index contributed by atoms with van der Waals surface area (Å²) in [5.41, 5.74) is 0. The van der Waals surface area contributed by atoms with E-state index in [0.29, 0.717) is 13.0 Å². The molecule has 0 aliphatic heterocycles. The van der Waals surface area contributed by atoms with Gasteiger partial charge in [0.15, 0.2) is 0 Å². The summed E-state index contributed by atoms with van der Waals surface area (Å²) >= 11 is 3.86. The Morgan fingerprint density at radius 2 is 2.00 bits per heavy atom. The summed E-state index contributed by atoms with van der Waals surface area (Å²) in [6.45, 7) is 2.35. The predicted octanol–water partition coefficient (Wildman–Crippen LogP) is 3.59. The highest BCUT2D eigenvalue weighted by Crippen LogP contribution is 2.20. The number of ether oxygens (including phenoxy) is 1. The second-order valence-electron chi connectivity index (χ2n) is 3.69. The summed E-state index contributed by atoms with van der Waals surface area (Å²) < 4.78 is 4.89. The van der Waals surface area contributed by atoms with E-state index in [1.54, 1.807) is 0 Å². The maximum Gasteiger partial charge on any atom is 0.305 e. The van der Waals surface area contributed by atoms with Crippen LogP contribution in [0.4, 0.5) is 0 Å². The first-order valence-corrected chi connectivity index (χ1v) is 8.60. The molecule has 0 aliphatic carbocycles. The molecule has 2 nitrogen and oxygen atoms in total. The van der Waals surface area contributed by atoms with Gasteiger partial charge in [-0.15, -0.1) is 0 Å². The number of hydrogen-bond acceptors (Lipinski definition) is 4.